The Kier molecular flexibility index (Phi) is 5.35. The summed E-state index contributed by atoms with van der Waals surface area (Å²) in [5.74, 6) is 2.38. The van der Waals surface area contributed by atoms with Gasteiger partial charge in [-0.15, -0.1) is 0 Å². The van der Waals surface area contributed by atoms with Crippen molar-refractivity contribution < 1.29 is 4.79 Å². The lowest BCUT2D eigenvalue weighted by molar-refractivity contribution is 0.0747. The minimum Gasteiger partial charge on any atom is -0.385 e. The van der Waals surface area contributed by atoms with Gasteiger partial charge in [0.05, 0.1) is 0 Å². The van der Waals surface area contributed by atoms with Crippen LogP contribution >= 0.6 is 11.8 Å². The van der Waals surface area contributed by atoms with E-state index in [2.05, 4.69) is 18.3 Å². The van der Waals surface area contributed by atoms with Crippen molar-refractivity contribution in [1.82, 2.24) is 4.90 Å². The van der Waals surface area contributed by atoms with Crippen LogP contribution in [0, 0.1) is 6.92 Å². The molecule has 1 aliphatic heterocycles. The first kappa shape index (κ1) is 15.2. The lowest BCUT2D eigenvalue weighted by Gasteiger charge is -2.24. The van der Waals surface area contributed by atoms with Crippen molar-refractivity contribution in [3.63, 3.8) is 0 Å². The van der Waals surface area contributed by atoms with Gasteiger partial charge in [0.1, 0.15) is 0 Å². The first-order valence-electron chi connectivity index (χ1n) is 7.33. The lowest BCUT2D eigenvalue weighted by atomic mass is 10.1. The summed E-state index contributed by atoms with van der Waals surface area (Å²) in [4.78, 5) is 14.5. The van der Waals surface area contributed by atoms with Gasteiger partial charge in [0.2, 0.25) is 0 Å². The Morgan fingerprint density at radius 1 is 1.50 bits per heavy atom. The molecule has 1 N–H and O–H groups in total. The molecule has 1 atom stereocenters. The number of anilines is 1. The number of rotatable bonds is 5. The van der Waals surface area contributed by atoms with Gasteiger partial charge < -0.3 is 10.2 Å². The zero-order valence-electron chi connectivity index (χ0n) is 12.6. The Labute approximate surface area is 126 Å². The van der Waals surface area contributed by atoms with Gasteiger partial charge in [0.15, 0.2) is 0 Å². The van der Waals surface area contributed by atoms with Crippen LogP contribution in [0.1, 0.15) is 35.7 Å². The van der Waals surface area contributed by atoms with Gasteiger partial charge >= 0.3 is 0 Å². The van der Waals surface area contributed by atoms with Gasteiger partial charge in [-0.1, -0.05) is 6.92 Å². The van der Waals surface area contributed by atoms with Crippen LogP contribution in [-0.4, -0.2) is 41.9 Å². The summed E-state index contributed by atoms with van der Waals surface area (Å²) in [6, 6.07) is 6.42. The zero-order chi connectivity index (χ0) is 14.5. The molecule has 1 aromatic rings. The van der Waals surface area contributed by atoms with Crippen LogP contribution in [0.15, 0.2) is 18.2 Å². The van der Waals surface area contributed by atoms with Crippen molar-refractivity contribution in [3.8, 4) is 0 Å². The Bertz CT molecular complexity index is 470. The number of aryl methyl sites for hydroxylation is 1. The number of carbonyl (C=O) groups excluding carboxylic acids is 1. The number of carbonyl (C=O) groups is 1. The number of nitrogens with zero attached hydrogens (tertiary/aromatic N) is 1. The number of hydrogen-bond acceptors (Lipinski definition) is 3. The van der Waals surface area contributed by atoms with Crippen LogP contribution in [0.5, 0.6) is 0 Å². The van der Waals surface area contributed by atoms with E-state index in [1.165, 1.54) is 5.75 Å². The van der Waals surface area contributed by atoms with Crippen LogP contribution in [0.25, 0.3) is 0 Å². The van der Waals surface area contributed by atoms with Crippen molar-refractivity contribution in [2.24, 2.45) is 0 Å². The van der Waals surface area contributed by atoms with Crippen LogP contribution in [0.4, 0.5) is 5.69 Å². The van der Waals surface area contributed by atoms with Crippen molar-refractivity contribution in [2.75, 3.05) is 30.4 Å². The summed E-state index contributed by atoms with van der Waals surface area (Å²) in [6.07, 6.45) is 2.21. The quantitative estimate of drug-likeness (QED) is 0.903. The summed E-state index contributed by atoms with van der Waals surface area (Å²) in [5, 5.41) is 3.36. The summed E-state index contributed by atoms with van der Waals surface area (Å²) in [6.45, 7) is 5.12. The maximum absolute atomic E-state index is 12.6. The van der Waals surface area contributed by atoms with E-state index in [0.717, 1.165) is 42.0 Å². The topological polar surface area (TPSA) is 32.3 Å². The highest BCUT2D eigenvalue weighted by molar-refractivity contribution is 7.99. The number of benzene rings is 1. The Balaban J connectivity index is 2.09. The van der Waals surface area contributed by atoms with Crippen molar-refractivity contribution in [1.29, 1.82) is 0 Å². The average molecular weight is 292 g/mol. The molecule has 0 radical (unpaired) electrons. The van der Waals surface area contributed by atoms with Crippen molar-refractivity contribution in [2.45, 2.75) is 32.7 Å². The second-order valence-electron chi connectivity index (χ2n) is 5.39. The van der Waals surface area contributed by atoms with Crippen LogP contribution in [0.3, 0.4) is 0 Å². The Hall–Kier alpha value is -1.16. The average Bonchev–Trinajstić information content (AvgIpc) is 2.98. The molecule has 1 fully saturated rings. The molecular weight excluding hydrogens is 268 g/mol. The van der Waals surface area contributed by atoms with Gasteiger partial charge in [0.25, 0.3) is 5.91 Å². The number of amides is 1. The molecule has 0 aromatic heterocycles. The molecule has 1 saturated heterocycles. The molecule has 1 aromatic carbocycles. The van der Waals surface area contributed by atoms with Crippen molar-refractivity contribution in [3.05, 3.63) is 29.3 Å². The van der Waals surface area contributed by atoms with E-state index in [0.29, 0.717) is 6.04 Å². The van der Waals surface area contributed by atoms with Gasteiger partial charge in [0, 0.05) is 36.6 Å². The molecule has 110 valence electrons. The van der Waals surface area contributed by atoms with Gasteiger partial charge in [-0.3, -0.25) is 4.79 Å². The molecule has 1 aliphatic rings. The summed E-state index contributed by atoms with van der Waals surface area (Å²) in [7, 11) is 1.93. The highest BCUT2D eigenvalue weighted by Crippen LogP contribution is 2.24. The molecule has 1 heterocycles. The number of thioether (sulfide) groups is 1. The van der Waals surface area contributed by atoms with Crippen LogP contribution in [0.2, 0.25) is 0 Å². The van der Waals surface area contributed by atoms with E-state index >= 15 is 0 Å². The van der Waals surface area contributed by atoms with Crippen molar-refractivity contribution >= 4 is 23.4 Å². The fraction of sp³-hybridized carbons (Fsp3) is 0.562. The molecular formula is C16H24N2OS. The standard InChI is InChI=1S/C16H24N2OS/c1-4-8-17-13-5-6-15(12(2)10-13)16(19)18(3)14-7-9-20-11-14/h5-6,10,14,17H,4,7-9,11H2,1-3H3. The van der Waals surface area contributed by atoms with Gasteiger partial charge in [-0.05, 0) is 49.3 Å². The van der Waals surface area contributed by atoms with E-state index in [1.807, 2.05) is 42.8 Å². The van der Waals surface area contributed by atoms with Gasteiger partial charge in [-0.25, -0.2) is 0 Å². The third-order valence-electron chi connectivity index (χ3n) is 3.81. The van der Waals surface area contributed by atoms with Crippen LogP contribution < -0.4 is 5.32 Å². The molecule has 1 unspecified atom stereocenters. The maximum atomic E-state index is 12.6. The predicted octanol–water partition coefficient (Wildman–Crippen LogP) is 3.39. The monoisotopic (exact) mass is 292 g/mol. The number of hydrogen-bond donors (Lipinski definition) is 1. The first-order chi connectivity index (χ1) is 9.63. The van der Waals surface area contributed by atoms with E-state index in [-0.39, 0.29) is 5.91 Å². The predicted molar refractivity (Wildman–Crippen MR) is 87.8 cm³/mol. The fourth-order valence-electron chi connectivity index (χ4n) is 2.47. The zero-order valence-corrected chi connectivity index (χ0v) is 13.4. The SMILES string of the molecule is CCCNc1ccc(C(=O)N(C)C2CCSC2)c(C)c1. The molecule has 0 bridgehead atoms. The molecule has 4 heteroatoms. The third-order valence-corrected chi connectivity index (χ3v) is 4.95. The highest BCUT2D eigenvalue weighted by atomic mass is 32.2. The summed E-state index contributed by atoms with van der Waals surface area (Å²) < 4.78 is 0. The minimum atomic E-state index is 0.150. The Morgan fingerprint density at radius 2 is 2.30 bits per heavy atom. The van der Waals surface area contributed by atoms with E-state index in [1.54, 1.807) is 0 Å². The summed E-state index contributed by atoms with van der Waals surface area (Å²) in [5.41, 5.74) is 2.97. The largest absolute Gasteiger partial charge is 0.385 e. The molecule has 0 aliphatic carbocycles. The third kappa shape index (κ3) is 3.48. The first-order valence-corrected chi connectivity index (χ1v) is 8.48. The normalized spacial score (nSPS) is 18.1. The smallest absolute Gasteiger partial charge is 0.254 e. The molecule has 0 saturated carbocycles. The fourth-order valence-corrected chi connectivity index (χ4v) is 3.73. The second kappa shape index (κ2) is 7.02. The molecule has 2 rings (SSSR count). The Morgan fingerprint density at radius 3 is 2.90 bits per heavy atom. The van der Waals surface area contributed by atoms with E-state index in [4.69, 9.17) is 0 Å². The minimum absolute atomic E-state index is 0.150. The van der Waals surface area contributed by atoms with E-state index < -0.39 is 0 Å². The molecule has 1 amide bonds. The molecule has 0 spiro atoms. The number of nitrogens with one attached hydrogen (secondary N) is 1. The molecule has 20 heavy (non-hydrogen) atoms. The maximum Gasteiger partial charge on any atom is 0.254 e. The highest BCUT2D eigenvalue weighted by Gasteiger charge is 2.25. The second-order valence-corrected chi connectivity index (χ2v) is 6.54. The lowest BCUT2D eigenvalue weighted by Crippen LogP contribution is -2.37. The van der Waals surface area contributed by atoms with E-state index in [9.17, 15) is 4.79 Å². The van der Waals surface area contributed by atoms with Gasteiger partial charge in [-0.2, -0.15) is 11.8 Å². The molecule has 3 nitrogen and oxygen atoms in total. The van der Waals surface area contributed by atoms with Crippen LogP contribution in [-0.2, 0) is 0 Å². The summed E-state index contributed by atoms with van der Waals surface area (Å²) >= 11 is 1.93.